The van der Waals surface area contributed by atoms with Gasteiger partial charge in [-0.1, -0.05) is 6.07 Å². The maximum atomic E-state index is 11.6. The molecule has 0 saturated carbocycles. The minimum atomic E-state index is -0.0815. The third-order valence-electron chi connectivity index (χ3n) is 1.95. The van der Waals surface area contributed by atoms with E-state index >= 15 is 0 Å². The van der Waals surface area contributed by atoms with Crippen molar-refractivity contribution in [1.82, 2.24) is 10.3 Å². The Morgan fingerprint density at radius 3 is 2.88 bits per heavy atom. The van der Waals surface area contributed by atoms with Gasteiger partial charge in [-0.2, -0.15) is 0 Å². The van der Waals surface area contributed by atoms with Crippen molar-refractivity contribution >= 4 is 48.3 Å². The van der Waals surface area contributed by atoms with Gasteiger partial charge in [0.25, 0.3) is 0 Å². The SMILES string of the molecule is Cl.Cl.O=C(Nc1ccccn1)[C@H]1CSCN1. The van der Waals surface area contributed by atoms with Crippen molar-refractivity contribution in [2.45, 2.75) is 6.04 Å². The van der Waals surface area contributed by atoms with Crippen LogP contribution in [-0.2, 0) is 4.79 Å². The molecular formula is C9H13Cl2N3OS. The Labute approximate surface area is 111 Å². The van der Waals surface area contributed by atoms with E-state index in [0.717, 1.165) is 11.6 Å². The van der Waals surface area contributed by atoms with Gasteiger partial charge in [0.2, 0.25) is 5.91 Å². The van der Waals surface area contributed by atoms with Crippen molar-refractivity contribution in [2.75, 3.05) is 16.9 Å². The predicted octanol–water partition coefficient (Wildman–Crippen LogP) is 1.53. The second-order valence-electron chi connectivity index (χ2n) is 2.98. The van der Waals surface area contributed by atoms with Crippen LogP contribution in [-0.4, -0.2) is 28.6 Å². The number of thioether (sulfide) groups is 1. The Kier molecular flexibility index (Phi) is 7.49. The number of pyridine rings is 1. The van der Waals surface area contributed by atoms with Crippen molar-refractivity contribution in [3.63, 3.8) is 0 Å². The van der Waals surface area contributed by atoms with Crippen LogP contribution in [0.1, 0.15) is 0 Å². The number of anilines is 1. The summed E-state index contributed by atoms with van der Waals surface area (Å²) in [6.45, 7) is 0. The van der Waals surface area contributed by atoms with Crippen LogP contribution >= 0.6 is 36.6 Å². The first kappa shape index (κ1) is 15.5. The van der Waals surface area contributed by atoms with E-state index in [1.165, 1.54) is 0 Å². The van der Waals surface area contributed by atoms with Crippen LogP contribution in [0.3, 0.4) is 0 Å². The molecule has 0 bridgehead atoms. The zero-order valence-corrected chi connectivity index (χ0v) is 10.8. The van der Waals surface area contributed by atoms with Crippen molar-refractivity contribution < 1.29 is 4.79 Å². The third kappa shape index (κ3) is 4.17. The number of halogens is 2. The topological polar surface area (TPSA) is 54.0 Å². The summed E-state index contributed by atoms with van der Waals surface area (Å²) in [6.07, 6.45) is 1.66. The average Bonchev–Trinajstić information content (AvgIpc) is 2.72. The Balaban J connectivity index is 0.00000112. The summed E-state index contributed by atoms with van der Waals surface area (Å²) in [6, 6.07) is 5.36. The summed E-state index contributed by atoms with van der Waals surface area (Å²) in [7, 11) is 0. The normalized spacial score (nSPS) is 18.1. The van der Waals surface area contributed by atoms with Crippen molar-refractivity contribution in [3.05, 3.63) is 24.4 Å². The lowest BCUT2D eigenvalue weighted by atomic mass is 10.3. The summed E-state index contributed by atoms with van der Waals surface area (Å²) >= 11 is 1.73. The quantitative estimate of drug-likeness (QED) is 0.863. The minimum Gasteiger partial charge on any atom is -0.309 e. The lowest BCUT2D eigenvalue weighted by Crippen LogP contribution is -2.37. The maximum Gasteiger partial charge on any atom is 0.243 e. The molecule has 2 N–H and O–H groups in total. The van der Waals surface area contributed by atoms with E-state index in [-0.39, 0.29) is 36.8 Å². The maximum absolute atomic E-state index is 11.6. The molecular weight excluding hydrogens is 269 g/mol. The monoisotopic (exact) mass is 281 g/mol. The Hall–Kier alpha value is -0.490. The van der Waals surface area contributed by atoms with Crippen LogP contribution in [0, 0.1) is 0 Å². The molecule has 16 heavy (non-hydrogen) atoms. The number of nitrogens with one attached hydrogen (secondary N) is 2. The first-order chi connectivity index (χ1) is 6.86. The van der Waals surface area contributed by atoms with E-state index < -0.39 is 0 Å². The first-order valence-corrected chi connectivity index (χ1v) is 5.55. The highest BCUT2D eigenvalue weighted by molar-refractivity contribution is 7.99. The third-order valence-corrected chi connectivity index (χ3v) is 2.89. The number of nitrogens with zero attached hydrogens (tertiary/aromatic N) is 1. The van der Waals surface area contributed by atoms with Crippen molar-refractivity contribution in [2.24, 2.45) is 0 Å². The van der Waals surface area contributed by atoms with Gasteiger partial charge in [-0.25, -0.2) is 4.98 Å². The first-order valence-electron chi connectivity index (χ1n) is 4.39. The van der Waals surface area contributed by atoms with Gasteiger partial charge in [-0.3, -0.25) is 10.1 Å². The van der Waals surface area contributed by atoms with E-state index in [1.54, 1.807) is 24.0 Å². The molecule has 1 aromatic rings. The number of aromatic nitrogens is 1. The molecule has 2 heterocycles. The highest BCUT2D eigenvalue weighted by atomic mass is 35.5. The predicted molar refractivity (Wildman–Crippen MR) is 71.6 cm³/mol. The van der Waals surface area contributed by atoms with Gasteiger partial charge in [0.15, 0.2) is 0 Å². The summed E-state index contributed by atoms with van der Waals surface area (Å²) in [5.41, 5.74) is 0. The Bertz CT molecular complexity index is 320. The number of carbonyl (C=O) groups is 1. The second kappa shape index (κ2) is 7.73. The minimum absolute atomic E-state index is 0. The Morgan fingerprint density at radius 2 is 2.31 bits per heavy atom. The zero-order chi connectivity index (χ0) is 9.80. The molecule has 90 valence electrons. The van der Waals surface area contributed by atoms with Crippen LogP contribution in [0.5, 0.6) is 0 Å². The molecule has 0 radical (unpaired) electrons. The number of hydrogen-bond acceptors (Lipinski definition) is 4. The second-order valence-corrected chi connectivity index (χ2v) is 4.01. The van der Waals surface area contributed by atoms with E-state index in [9.17, 15) is 4.79 Å². The van der Waals surface area contributed by atoms with E-state index in [2.05, 4.69) is 15.6 Å². The van der Waals surface area contributed by atoms with Crippen LogP contribution in [0.15, 0.2) is 24.4 Å². The number of carbonyl (C=O) groups excluding carboxylic acids is 1. The molecule has 0 spiro atoms. The largest absolute Gasteiger partial charge is 0.309 e. The van der Waals surface area contributed by atoms with Gasteiger partial charge in [0.1, 0.15) is 5.82 Å². The highest BCUT2D eigenvalue weighted by Gasteiger charge is 2.22. The summed E-state index contributed by atoms with van der Waals surface area (Å²) in [5, 5.41) is 5.86. The molecule has 1 aliphatic heterocycles. The number of hydrogen-bond donors (Lipinski definition) is 2. The highest BCUT2D eigenvalue weighted by Crippen LogP contribution is 2.11. The van der Waals surface area contributed by atoms with Gasteiger partial charge in [0, 0.05) is 17.8 Å². The molecule has 0 unspecified atom stereocenters. The van der Waals surface area contributed by atoms with Crippen LogP contribution < -0.4 is 10.6 Å². The molecule has 1 fully saturated rings. The average molecular weight is 282 g/mol. The van der Waals surface area contributed by atoms with E-state index in [0.29, 0.717) is 5.82 Å². The number of rotatable bonds is 2. The van der Waals surface area contributed by atoms with Gasteiger partial charge in [-0.05, 0) is 12.1 Å². The van der Waals surface area contributed by atoms with Gasteiger partial charge in [0.05, 0.1) is 6.04 Å². The molecule has 1 saturated heterocycles. The standard InChI is InChI=1S/C9H11N3OS.2ClH/c13-9(7-5-14-6-11-7)12-8-3-1-2-4-10-8;;/h1-4,7,11H,5-6H2,(H,10,12,13);2*1H/t7-;;/m1../s1. The zero-order valence-electron chi connectivity index (χ0n) is 8.38. The summed E-state index contributed by atoms with van der Waals surface area (Å²) in [4.78, 5) is 15.6. The molecule has 1 atom stereocenters. The summed E-state index contributed by atoms with van der Waals surface area (Å²) < 4.78 is 0. The Morgan fingerprint density at radius 1 is 1.50 bits per heavy atom. The smallest absolute Gasteiger partial charge is 0.243 e. The van der Waals surface area contributed by atoms with Crippen LogP contribution in [0.4, 0.5) is 5.82 Å². The fraction of sp³-hybridized carbons (Fsp3) is 0.333. The van der Waals surface area contributed by atoms with Crippen molar-refractivity contribution in [1.29, 1.82) is 0 Å². The number of amides is 1. The summed E-state index contributed by atoms with van der Waals surface area (Å²) in [5.74, 6) is 2.28. The van der Waals surface area contributed by atoms with Crippen LogP contribution in [0.2, 0.25) is 0 Å². The van der Waals surface area contributed by atoms with Crippen LogP contribution in [0.25, 0.3) is 0 Å². The van der Waals surface area contributed by atoms with Gasteiger partial charge in [-0.15, -0.1) is 36.6 Å². The molecule has 1 aromatic heterocycles. The van der Waals surface area contributed by atoms with E-state index in [1.807, 2.05) is 12.1 Å². The molecule has 4 nitrogen and oxygen atoms in total. The molecule has 2 rings (SSSR count). The molecule has 0 aromatic carbocycles. The molecule has 1 amide bonds. The fourth-order valence-electron chi connectivity index (χ4n) is 1.21. The molecule has 0 aliphatic carbocycles. The lowest BCUT2D eigenvalue weighted by Gasteiger charge is -2.08. The van der Waals surface area contributed by atoms with Crippen molar-refractivity contribution in [3.8, 4) is 0 Å². The van der Waals surface area contributed by atoms with E-state index in [4.69, 9.17) is 0 Å². The molecule has 7 heteroatoms. The van der Waals surface area contributed by atoms with Gasteiger partial charge >= 0.3 is 0 Å². The van der Waals surface area contributed by atoms with Gasteiger partial charge < -0.3 is 5.32 Å². The molecule has 1 aliphatic rings. The fourth-order valence-corrected chi connectivity index (χ4v) is 2.16. The lowest BCUT2D eigenvalue weighted by molar-refractivity contribution is -0.117.